The number of carboxylic acid groups (broad SMARTS) is 1. The van der Waals surface area contributed by atoms with Crippen LogP contribution in [0.3, 0.4) is 0 Å². The van der Waals surface area contributed by atoms with Crippen LogP contribution in [0.25, 0.3) is 0 Å². The minimum absolute atomic E-state index is 0. The van der Waals surface area contributed by atoms with Crippen LogP contribution >= 0.6 is 0 Å². The Morgan fingerprint density at radius 3 is 2.57 bits per heavy atom. The number of carboxylic acids is 1. The maximum atomic E-state index is 10.8. The zero-order chi connectivity index (χ0) is 23.8. The Labute approximate surface area is 229 Å². The summed E-state index contributed by atoms with van der Waals surface area (Å²) in [4.78, 5) is 13.2. The van der Waals surface area contributed by atoms with Crippen molar-refractivity contribution in [3.63, 3.8) is 0 Å². The maximum Gasteiger partial charge on any atom is 1.00 e. The van der Waals surface area contributed by atoms with Gasteiger partial charge in [-0.2, -0.15) is 0 Å². The fourth-order valence-corrected chi connectivity index (χ4v) is 4.35. The molecule has 0 atom stereocenters. The van der Waals surface area contributed by atoms with E-state index in [2.05, 4.69) is 23.1 Å². The van der Waals surface area contributed by atoms with Gasteiger partial charge < -0.3 is 29.0 Å². The number of ether oxygens (including phenoxy) is 3. The molecule has 35 heavy (non-hydrogen) atoms. The SMILES string of the molecule is COc1cc(OCc2cccc3c2CCCN3CCOc2ccccc2)ccc1CCC(=O)[O-].[Na+]. The van der Waals surface area contributed by atoms with Crippen LogP contribution in [0.1, 0.15) is 29.5 Å². The van der Waals surface area contributed by atoms with Gasteiger partial charge in [-0.25, -0.2) is 0 Å². The maximum absolute atomic E-state index is 10.8. The first-order valence-corrected chi connectivity index (χ1v) is 11.7. The number of carbonyl (C=O) groups is 1. The van der Waals surface area contributed by atoms with Crippen molar-refractivity contribution in [1.82, 2.24) is 0 Å². The summed E-state index contributed by atoms with van der Waals surface area (Å²) >= 11 is 0. The van der Waals surface area contributed by atoms with Crippen molar-refractivity contribution in [2.45, 2.75) is 32.3 Å². The van der Waals surface area contributed by atoms with Crippen LogP contribution in [-0.4, -0.2) is 32.8 Å². The van der Waals surface area contributed by atoms with Crippen LogP contribution in [0.2, 0.25) is 0 Å². The van der Waals surface area contributed by atoms with E-state index in [-0.39, 0.29) is 36.0 Å². The van der Waals surface area contributed by atoms with E-state index in [0.29, 0.717) is 31.1 Å². The van der Waals surface area contributed by atoms with Crippen LogP contribution in [0.5, 0.6) is 17.2 Å². The van der Waals surface area contributed by atoms with Gasteiger partial charge >= 0.3 is 29.6 Å². The first kappa shape index (κ1) is 26.9. The number of anilines is 1. The van der Waals surface area contributed by atoms with Crippen LogP contribution in [0.4, 0.5) is 5.69 Å². The number of hydrogen-bond donors (Lipinski definition) is 0. The number of fused-ring (bicyclic) bond motifs is 1. The number of methoxy groups -OCH3 is 1. The fraction of sp³-hybridized carbons (Fsp3) is 0.321. The number of nitrogens with zero attached hydrogens (tertiary/aromatic N) is 1. The van der Waals surface area contributed by atoms with Crippen molar-refractivity contribution in [1.29, 1.82) is 0 Å². The molecule has 4 rings (SSSR count). The summed E-state index contributed by atoms with van der Waals surface area (Å²) in [5, 5.41) is 10.8. The van der Waals surface area contributed by atoms with E-state index >= 15 is 0 Å². The molecule has 1 aliphatic heterocycles. The van der Waals surface area contributed by atoms with Gasteiger partial charge in [0.05, 0.1) is 13.7 Å². The largest absolute Gasteiger partial charge is 1.00 e. The molecule has 6 nitrogen and oxygen atoms in total. The molecule has 0 saturated carbocycles. The summed E-state index contributed by atoms with van der Waals surface area (Å²) < 4.78 is 17.4. The number of carbonyl (C=O) groups excluding carboxylic acids is 1. The molecule has 0 N–H and O–H groups in total. The fourth-order valence-electron chi connectivity index (χ4n) is 4.35. The second-order valence-electron chi connectivity index (χ2n) is 8.30. The first-order chi connectivity index (χ1) is 16.6. The normalized spacial score (nSPS) is 12.3. The summed E-state index contributed by atoms with van der Waals surface area (Å²) in [6.07, 6.45) is 2.44. The van der Waals surface area contributed by atoms with Crippen LogP contribution in [0, 0.1) is 0 Å². The summed E-state index contributed by atoms with van der Waals surface area (Å²) in [5.74, 6) is 1.13. The van der Waals surface area contributed by atoms with E-state index in [1.165, 1.54) is 16.8 Å². The molecule has 7 heteroatoms. The van der Waals surface area contributed by atoms with E-state index in [1.807, 2.05) is 48.5 Å². The Balaban J connectivity index is 0.00000342. The minimum Gasteiger partial charge on any atom is -0.550 e. The Bertz CT molecular complexity index is 1110. The quantitative estimate of drug-likeness (QED) is 0.376. The Morgan fingerprint density at radius 2 is 1.80 bits per heavy atom. The van der Waals surface area contributed by atoms with Gasteiger partial charge in [-0.15, -0.1) is 0 Å². The summed E-state index contributed by atoms with van der Waals surface area (Å²) in [6.45, 7) is 2.93. The number of rotatable bonds is 11. The number of hydrogen-bond acceptors (Lipinski definition) is 6. The van der Waals surface area contributed by atoms with Crippen molar-refractivity contribution >= 4 is 11.7 Å². The van der Waals surface area contributed by atoms with Gasteiger partial charge in [0, 0.05) is 24.3 Å². The van der Waals surface area contributed by atoms with E-state index in [1.54, 1.807) is 7.11 Å². The van der Waals surface area contributed by atoms with Gasteiger partial charge in [0.1, 0.15) is 30.5 Å². The molecule has 3 aromatic carbocycles. The standard InChI is InChI=1S/C28H31NO5.Na/c1-32-27-19-24(14-12-21(27)13-15-28(30)31)34-20-22-7-5-11-26-25(22)10-6-16-29(26)17-18-33-23-8-3-2-4-9-23;/h2-5,7-9,11-12,14,19H,6,10,13,15-18,20H2,1H3,(H,30,31);/q;+1/p-1. The van der Waals surface area contributed by atoms with Crippen molar-refractivity contribution in [3.8, 4) is 17.2 Å². The zero-order valence-corrected chi connectivity index (χ0v) is 22.5. The van der Waals surface area contributed by atoms with E-state index in [4.69, 9.17) is 14.2 Å². The van der Waals surface area contributed by atoms with Crippen LogP contribution < -0.4 is 53.8 Å². The summed E-state index contributed by atoms with van der Waals surface area (Å²) in [6, 6.07) is 21.8. The minimum atomic E-state index is -1.07. The number of aliphatic carboxylic acids is 1. The van der Waals surface area contributed by atoms with Gasteiger partial charge in [-0.3, -0.25) is 0 Å². The molecule has 0 spiro atoms. The van der Waals surface area contributed by atoms with Gasteiger partial charge in [0.2, 0.25) is 0 Å². The second kappa shape index (κ2) is 13.4. The summed E-state index contributed by atoms with van der Waals surface area (Å²) in [7, 11) is 1.57. The average Bonchev–Trinajstić information content (AvgIpc) is 2.87. The molecule has 0 amide bonds. The average molecular weight is 484 g/mol. The molecular formula is C28H30NNaO5. The molecule has 178 valence electrons. The molecule has 1 heterocycles. The molecular weight excluding hydrogens is 453 g/mol. The van der Waals surface area contributed by atoms with Gasteiger partial charge in [-0.05, 0) is 66.6 Å². The molecule has 0 aromatic heterocycles. The van der Waals surface area contributed by atoms with Gasteiger partial charge in [0.15, 0.2) is 0 Å². The zero-order valence-electron chi connectivity index (χ0n) is 20.5. The number of benzene rings is 3. The first-order valence-electron chi connectivity index (χ1n) is 11.7. The van der Waals surface area contributed by atoms with E-state index in [9.17, 15) is 9.90 Å². The third-order valence-corrected chi connectivity index (χ3v) is 6.07. The topological polar surface area (TPSA) is 71.1 Å². The molecule has 0 unspecified atom stereocenters. The predicted octanol–water partition coefficient (Wildman–Crippen LogP) is 0.792. The van der Waals surface area contributed by atoms with Gasteiger partial charge in [0.25, 0.3) is 0 Å². The number of aryl methyl sites for hydroxylation is 1. The Hall–Kier alpha value is -2.67. The van der Waals surface area contributed by atoms with E-state index in [0.717, 1.165) is 37.2 Å². The third kappa shape index (κ3) is 7.40. The van der Waals surface area contributed by atoms with Crippen LogP contribution in [0.15, 0.2) is 66.7 Å². The predicted molar refractivity (Wildman–Crippen MR) is 130 cm³/mol. The number of para-hydroxylation sites is 1. The van der Waals surface area contributed by atoms with Crippen molar-refractivity contribution in [3.05, 3.63) is 83.4 Å². The molecule has 0 saturated heterocycles. The van der Waals surface area contributed by atoms with Crippen LogP contribution in [-0.2, 0) is 24.2 Å². The van der Waals surface area contributed by atoms with Crippen molar-refractivity contribution < 1.29 is 53.7 Å². The van der Waals surface area contributed by atoms with Gasteiger partial charge in [-0.1, -0.05) is 36.4 Å². The Kier molecular flexibility index (Phi) is 10.3. The molecule has 0 radical (unpaired) electrons. The molecule has 3 aromatic rings. The summed E-state index contributed by atoms with van der Waals surface area (Å²) in [5.41, 5.74) is 4.57. The van der Waals surface area contributed by atoms with E-state index < -0.39 is 5.97 Å². The Morgan fingerprint density at radius 1 is 0.971 bits per heavy atom. The third-order valence-electron chi connectivity index (χ3n) is 6.07. The molecule has 0 bridgehead atoms. The monoisotopic (exact) mass is 483 g/mol. The van der Waals surface area contributed by atoms with Crippen molar-refractivity contribution in [2.75, 3.05) is 31.7 Å². The van der Waals surface area contributed by atoms with Crippen molar-refractivity contribution in [2.24, 2.45) is 0 Å². The molecule has 0 fully saturated rings. The molecule has 1 aliphatic rings. The second-order valence-corrected chi connectivity index (χ2v) is 8.30. The smallest absolute Gasteiger partial charge is 0.550 e. The molecule has 0 aliphatic carbocycles.